The largest absolute Gasteiger partial charge is 0.466 e. The molecule has 2 amide bonds. The zero-order valence-electron chi connectivity index (χ0n) is 20.4. The van der Waals surface area contributed by atoms with Crippen molar-refractivity contribution in [1.29, 1.82) is 0 Å². The normalized spacial score (nSPS) is 13.2. The number of ether oxygens (including phenoxy) is 3. The minimum Gasteiger partial charge on any atom is -0.466 e. The zero-order chi connectivity index (χ0) is 25.0. The number of amides is 2. The van der Waals surface area contributed by atoms with E-state index in [1.165, 1.54) is 0 Å². The monoisotopic (exact) mass is 451 g/mol. The maximum atomic E-state index is 13.1. The van der Waals surface area contributed by atoms with Crippen LogP contribution in [0.15, 0.2) is 30.3 Å². The van der Waals surface area contributed by atoms with Crippen LogP contribution < -0.4 is 10.6 Å². The minimum absolute atomic E-state index is 0.0167. The van der Waals surface area contributed by atoms with Gasteiger partial charge in [-0.25, -0.2) is 9.59 Å². The van der Waals surface area contributed by atoms with Crippen molar-refractivity contribution in [1.82, 2.24) is 10.6 Å². The summed E-state index contributed by atoms with van der Waals surface area (Å²) in [6.07, 6.45) is -1.15. The molecular formula is C23H34N2O7. The van der Waals surface area contributed by atoms with Crippen LogP contribution in [0.1, 0.15) is 53.0 Å². The van der Waals surface area contributed by atoms with Gasteiger partial charge < -0.3 is 24.8 Å². The third kappa shape index (κ3) is 10.8. The molecule has 1 aromatic rings. The molecule has 32 heavy (non-hydrogen) atoms. The van der Waals surface area contributed by atoms with Gasteiger partial charge in [0.15, 0.2) is 1.41 Å². The highest BCUT2D eigenvalue weighted by molar-refractivity contribution is 5.90. The van der Waals surface area contributed by atoms with Gasteiger partial charge in [0.05, 0.1) is 13.2 Å². The van der Waals surface area contributed by atoms with Crippen LogP contribution in [0.5, 0.6) is 0 Å². The van der Waals surface area contributed by atoms with Crippen LogP contribution in [-0.2, 0) is 35.0 Å². The van der Waals surface area contributed by atoms with E-state index in [4.69, 9.17) is 15.6 Å². The van der Waals surface area contributed by atoms with Gasteiger partial charge in [0, 0.05) is 12.8 Å². The van der Waals surface area contributed by atoms with E-state index in [2.05, 4.69) is 5.32 Å². The van der Waals surface area contributed by atoms with Crippen molar-refractivity contribution >= 4 is 23.9 Å². The number of hydrogen-bond acceptors (Lipinski definition) is 7. The molecule has 9 heteroatoms. The zero-order valence-corrected chi connectivity index (χ0v) is 19.4. The van der Waals surface area contributed by atoms with Gasteiger partial charge in [-0.3, -0.25) is 9.59 Å². The molecule has 0 aliphatic rings. The SMILES string of the molecule is [2H]N(C(=O)OC(C)(C)C)[C@@H](Cc1ccccc1)C(=O)N[C@@H](CCC(=O)OCC)C(=O)OCC. The second-order valence-corrected chi connectivity index (χ2v) is 7.97. The molecule has 0 spiro atoms. The van der Waals surface area contributed by atoms with Crippen LogP contribution in [0.4, 0.5) is 4.79 Å². The summed E-state index contributed by atoms with van der Waals surface area (Å²) < 4.78 is 23.4. The summed E-state index contributed by atoms with van der Waals surface area (Å²) in [6, 6.07) is 6.42. The van der Waals surface area contributed by atoms with Gasteiger partial charge in [-0.2, -0.15) is 0 Å². The Balaban J connectivity index is 3.09. The van der Waals surface area contributed by atoms with Crippen molar-refractivity contribution in [3.05, 3.63) is 35.9 Å². The second-order valence-electron chi connectivity index (χ2n) is 7.97. The predicted octanol–water partition coefficient (Wildman–Crippen LogP) is 2.51. The van der Waals surface area contributed by atoms with Crippen LogP contribution in [0.2, 0.25) is 1.41 Å². The topological polar surface area (TPSA) is 120 Å². The Morgan fingerprint density at radius 3 is 2.19 bits per heavy atom. The lowest BCUT2D eigenvalue weighted by Crippen LogP contribution is -2.53. The highest BCUT2D eigenvalue weighted by Gasteiger charge is 2.29. The van der Waals surface area contributed by atoms with Gasteiger partial charge in [0.25, 0.3) is 0 Å². The summed E-state index contributed by atoms with van der Waals surface area (Å²) in [5, 5.41) is 2.99. The van der Waals surface area contributed by atoms with Crippen LogP contribution in [-0.4, -0.2) is 54.8 Å². The van der Waals surface area contributed by atoms with E-state index in [0.717, 1.165) is 0 Å². The average Bonchev–Trinajstić information content (AvgIpc) is 2.74. The molecule has 0 unspecified atom stereocenters. The number of benzene rings is 1. The summed E-state index contributed by atoms with van der Waals surface area (Å²) in [5.41, 5.74) is -0.158. The number of esters is 2. The Hall–Kier alpha value is -3.10. The molecule has 0 fully saturated rings. The summed E-state index contributed by atoms with van der Waals surface area (Å²) >= 11 is 0. The van der Waals surface area contributed by atoms with Gasteiger partial charge in [0.2, 0.25) is 5.91 Å². The maximum Gasteiger partial charge on any atom is 0.408 e. The molecule has 0 aliphatic heterocycles. The fourth-order valence-electron chi connectivity index (χ4n) is 2.70. The first kappa shape index (κ1) is 25.2. The first-order valence-electron chi connectivity index (χ1n) is 11.1. The quantitative estimate of drug-likeness (QED) is 0.392. The third-order valence-corrected chi connectivity index (χ3v) is 4.06. The van der Waals surface area contributed by atoms with Gasteiger partial charge in [-0.15, -0.1) is 0 Å². The Bertz CT molecular complexity index is 796. The molecule has 0 saturated carbocycles. The fourth-order valence-corrected chi connectivity index (χ4v) is 2.70. The van der Waals surface area contributed by atoms with Crippen LogP contribution in [0, 0.1) is 0 Å². The molecule has 178 valence electrons. The van der Waals surface area contributed by atoms with Gasteiger partial charge in [0.1, 0.15) is 17.7 Å². The van der Waals surface area contributed by atoms with Crippen molar-refractivity contribution in [3.8, 4) is 0 Å². The first-order chi connectivity index (χ1) is 15.5. The Labute approximate surface area is 190 Å². The van der Waals surface area contributed by atoms with E-state index in [1.807, 2.05) is 0 Å². The molecule has 1 aromatic carbocycles. The van der Waals surface area contributed by atoms with Crippen LogP contribution >= 0.6 is 0 Å². The molecule has 2 atom stereocenters. The molecule has 0 heterocycles. The van der Waals surface area contributed by atoms with E-state index in [9.17, 15) is 19.2 Å². The second kappa shape index (κ2) is 13.3. The molecule has 2 N–H and O–H groups in total. The Morgan fingerprint density at radius 2 is 1.62 bits per heavy atom. The lowest BCUT2D eigenvalue weighted by atomic mass is 10.0. The molecule has 0 saturated heterocycles. The maximum absolute atomic E-state index is 13.1. The van der Waals surface area contributed by atoms with Crippen molar-refractivity contribution in [2.24, 2.45) is 0 Å². The molecule has 0 aliphatic carbocycles. The molecule has 1 rings (SSSR count). The first-order valence-corrected chi connectivity index (χ1v) is 10.7. The van der Waals surface area contributed by atoms with E-state index >= 15 is 0 Å². The Morgan fingerprint density at radius 1 is 1.00 bits per heavy atom. The summed E-state index contributed by atoms with van der Waals surface area (Å²) in [5.74, 6) is -1.98. The van der Waals surface area contributed by atoms with Crippen molar-refractivity contribution in [2.45, 2.75) is 71.6 Å². The minimum atomic E-state index is -1.29. The van der Waals surface area contributed by atoms with E-state index in [-0.39, 0.29) is 32.5 Å². The third-order valence-electron chi connectivity index (χ3n) is 4.06. The van der Waals surface area contributed by atoms with E-state index < -0.39 is 41.6 Å². The number of carbonyl (C=O) groups is 4. The number of rotatable bonds is 11. The summed E-state index contributed by atoms with van der Waals surface area (Å²) in [6.45, 7) is 8.51. The lowest BCUT2D eigenvalue weighted by molar-refractivity contribution is -0.149. The van der Waals surface area contributed by atoms with Crippen LogP contribution in [0.25, 0.3) is 0 Å². The average molecular weight is 452 g/mol. The van der Waals surface area contributed by atoms with Gasteiger partial charge in [-0.05, 0) is 46.6 Å². The van der Waals surface area contributed by atoms with E-state index in [1.54, 1.807) is 65.0 Å². The van der Waals surface area contributed by atoms with Gasteiger partial charge in [-0.1, -0.05) is 30.3 Å². The van der Waals surface area contributed by atoms with Crippen molar-refractivity contribution < 1.29 is 34.8 Å². The number of carbonyl (C=O) groups excluding carboxylic acids is 4. The number of hydrogen-bond donors (Lipinski definition) is 2. The van der Waals surface area contributed by atoms with Crippen molar-refractivity contribution in [2.75, 3.05) is 13.2 Å². The van der Waals surface area contributed by atoms with E-state index in [0.29, 0.717) is 10.9 Å². The number of alkyl carbamates (subject to hydrolysis) is 1. The smallest absolute Gasteiger partial charge is 0.408 e. The van der Waals surface area contributed by atoms with Crippen molar-refractivity contribution in [3.63, 3.8) is 0 Å². The standard InChI is InChI=1S/C23H34N2O7/c1-6-30-19(26)14-13-17(21(28)31-7-2)24-20(27)18(15-16-11-9-8-10-12-16)25-22(29)32-23(3,4)5/h8-12,17-18H,6-7,13-15H2,1-5H3,(H,24,27)(H,25,29)/t17-,18-/m0/s1/i/hD. The number of nitrogens with one attached hydrogen (secondary N) is 2. The fraction of sp³-hybridized carbons (Fsp3) is 0.565. The summed E-state index contributed by atoms with van der Waals surface area (Å²) in [7, 11) is 0. The molecule has 0 bridgehead atoms. The predicted molar refractivity (Wildman–Crippen MR) is 118 cm³/mol. The molecule has 0 radical (unpaired) electrons. The summed E-state index contributed by atoms with van der Waals surface area (Å²) in [4.78, 5) is 49.7. The van der Waals surface area contributed by atoms with Crippen LogP contribution in [0.3, 0.4) is 0 Å². The highest BCUT2D eigenvalue weighted by Crippen LogP contribution is 2.10. The molecule has 0 aromatic heterocycles. The molecular weight excluding hydrogens is 416 g/mol. The van der Waals surface area contributed by atoms with Gasteiger partial charge >= 0.3 is 18.0 Å². The Kier molecular flexibility index (Phi) is 10.5. The highest BCUT2D eigenvalue weighted by atomic mass is 16.6. The lowest BCUT2D eigenvalue weighted by Gasteiger charge is -2.25. The molecule has 9 nitrogen and oxygen atoms in total.